The molecule has 8 nitrogen and oxygen atoms in total. The summed E-state index contributed by atoms with van der Waals surface area (Å²) in [4.78, 5) is 23.4. The molecule has 4 rings (SSSR count). The fourth-order valence-corrected chi connectivity index (χ4v) is 3.98. The van der Waals surface area contributed by atoms with E-state index in [2.05, 4.69) is 37.5 Å². The van der Waals surface area contributed by atoms with E-state index in [1.807, 2.05) is 48.4 Å². The van der Waals surface area contributed by atoms with Gasteiger partial charge in [-0.25, -0.2) is 19.4 Å². The second kappa shape index (κ2) is 8.95. The maximum Gasteiger partial charge on any atom is 0.323 e. The van der Waals surface area contributed by atoms with Crippen molar-refractivity contribution in [2.75, 3.05) is 40.1 Å². The summed E-state index contributed by atoms with van der Waals surface area (Å²) >= 11 is 1.97. The molecule has 1 fully saturated rings. The molecule has 2 N–H and O–H groups in total. The molecule has 9 heteroatoms. The van der Waals surface area contributed by atoms with Crippen molar-refractivity contribution in [3.05, 3.63) is 54.6 Å². The van der Waals surface area contributed by atoms with Gasteiger partial charge in [0.1, 0.15) is 0 Å². The Kier molecular flexibility index (Phi) is 5.95. The summed E-state index contributed by atoms with van der Waals surface area (Å²) in [5, 5.41) is 9.86. The number of amides is 2. The standard InChI is InChI=1S/C20H23N7OS/c1-2-15-4-3-5-16(10-15)24-20(28)25-17-11-23-27(14-17)19-21-12-18(13-22-19)26-6-8-29-9-7-26/h3-5,10-14H,2,6-9H2,1H3,(H2,24,25,28). The SMILES string of the molecule is CCc1cccc(NC(=O)Nc2cnn(-c3ncc(N4CCSCC4)cn3)c2)c1. The van der Waals surface area contributed by atoms with Crippen LogP contribution in [0.15, 0.2) is 49.1 Å². The Bertz CT molecular complexity index is 967. The van der Waals surface area contributed by atoms with E-state index in [1.54, 1.807) is 17.1 Å². The van der Waals surface area contributed by atoms with Crippen LogP contribution in [0.1, 0.15) is 12.5 Å². The van der Waals surface area contributed by atoms with Crippen LogP contribution in [0.5, 0.6) is 0 Å². The number of nitrogens with one attached hydrogen (secondary N) is 2. The fraction of sp³-hybridized carbons (Fsp3) is 0.300. The summed E-state index contributed by atoms with van der Waals surface area (Å²) < 4.78 is 1.54. The molecule has 1 aliphatic heterocycles. The van der Waals surface area contributed by atoms with E-state index in [9.17, 15) is 4.79 Å². The monoisotopic (exact) mass is 409 g/mol. The highest BCUT2D eigenvalue weighted by Gasteiger charge is 2.13. The van der Waals surface area contributed by atoms with Crippen molar-refractivity contribution in [1.82, 2.24) is 19.7 Å². The van der Waals surface area contributed by atoms with Gasteiger partial charge in [-0.15, -0.1) is 0 Å². The predicted molar refractivity (Wildman–Crippen MR) is 117 cm³/mol. The second-order valence-corrected chi connectivity index (χ2v) is 7.87. The number of nitrogens with zero attached hydrogens (tertiary/aromatic N) is 5. The van der Waals surface area contributed by atoms with Crippen LogP contribution in [-0.2, 0) is 6.42 Å². The predicted octanol–water partition coefficient (Wildman–Crippen LogP) is 3.42. The molecule has 0 saturated carbocycles. The van der Waals surface area contributed by atoms with Crippen molar-refractivity contribution in [1.29, 1.82) is 0 Å². The lowest BCUT2D eigenvalue weighted by Crippen LogP contribution is -2.32. The van der Waals surface area contributed by atoms with Crippen molar-refractivity contribution in [2.24, 2.45) is 0 Å². The highest BCUT2D eigenvalue weighted by Crippen LogP contribution is 2.18. The van der Waals surface area contributed by atoms with Gasteiger partial charge in [-0.05, 0) is 24.1 Å². The molecule has 1 aromatic carbocycles. The molecule has 0 aliphatic carbocycles. The smallest absolute Gasteiger partial charge is 0.323 e. The highest BCUT2D eigenvalue weighted by molar-refractivity contribution is 7.99. The Morgan fingerprint density at radius 2 is 1.86 bits per heavy atom. The van der Waals surface area contributed by atoms with Gasteiger partial charge in [-0.2, -0.15) is 16.9 Å². The largest absolute Gasteiger partial charge is 0.367 e. The van der Waals surface area contributed by atoms with Gasteiger partial charge in [0.15, 0.2) is 0 Å². The molecule has 0 unspecified atom stereocenters. The molecule has 0 atom stereocenters. The van der Waals surface area contributed by atoms with E-state index in [0.717, 1.165) is 42.4 Å². The molecule has 3 heterocycles. The normalized spacial score (nSPS) is 13.9. The minimum absolute atomic E-state index is 0.322. The number of carbonyl (C=O) groups is 1. The summed E-state index contributed by atoms with van der Waals surface area (Å²) in [6.45, 7) is 4.10. The molecule has 1 aliphatic rings. The molecule has 0 radical (unpaired) electrons. The van der Waals surface area contributed by atoms with Crippen LogP contribution in [0.25, 0.3) is 5.95 Å². The zero-order valence-electron chi connectivity index (χ0n) is 16.2. The van der Waals surface area contributed by atoms with Gasteiger partial charge >= 0.3 is 6.03 Å². The van der Waals surface area contributed by atoms with Crippen LogP contribution in [0, 0.1) is 0 Å². The van der Waals surface area contributed by atoms with Crippen LogP contribution < -0.4 is 15.5 Å². The summed E-state index contributed by atoms with van der Waals surface area (Å²) in [5.41, 5.74) is 3.51. The van der Waals surface area contributed by atoms with E-state index in [0.29, 0.717) is 11.6 Å². The fourth-order valence-electron chi connectivity index (χ4n) is 3.08. The number of benzene rings is 1. The van der Waals surface area contributed by atoms with E-state index < -0.39 is 0 Å². The van der Waals surface area contributed by atoms with Crippen LogP contribution >= 0.6 is 11.8 Å². The van der Waals surface area contributed by atoms with Gasteiger partial charge in [0.2, 0.25) is 0 Å². The zero-order valence-corrected chi connectivity index (χ0v) is 17.0. The molecule has 29 heavy (non-hydrogen) atoms. The number of aromatic nitrogens is 4. The Balaban J connectivity index is 1.38. The molecule has 1 saturated heterocycles. The Morgan fingerprint density at radius 3 is 2.62 bits per heavy atom. The average Bonchev–Trinajstić information content (AvgIpc) is 3.23. The molecule has 0 bridgehead atoms. The third kappa shape index (κ3) is 4.86. The minimum Gasteiger partial charge on any atom is -0.367 e. The van der Waals surface area contributed by atoms with Crippen molar-refractivity contribution in [2.45, 2.75) is 13.3 Å². The average molecular weight is 410 g/mol. The van der Waals surface area contributed by atoms with Crippen molar-refractivity contribution >= 4 is 34.9 Å². The quantitative estimate of drug-likeness (QED) is 0.671. The Morgan fingerprint density at radius 1 is 1.10 bits per heavy atom. The molecule has 150 valence electrons. The molecule has 2 aromatic heterocycles. The first-order valence-corrected chi connectivity index (χ1v) is 10.7. The Labute approximate surface area is 173 Å². The van der Waals surface area contributed by atoms with E-state index in [1.165, 1.54) is 5.56 Å². The first kappa shape index (κ1) is 19.3. The zero-order chi connectivity index (χ0) is 20.1. The maximum atomic E-state index is 12.2. The van der Waals surface area contributed by atoms with Gasteiger partial charge < -0.3 is 15.5 Å². The number of urea groups is 1. The third-order valence-electron chi connectivity index (χ3n) is 4.64. The lowest BCUT2D eigenvalue weighted by atomic mass is 10.1. The topological polar surface area (TPSA) is 88.0 Å². The summed E-state index contributed by atoms with van der Waals surface area (Å²) in [5.74, 6) is 2.71. The number of carbonyl (C=O) groups excluding carboxylic acids is 1. The van der Waals surface area contributed by atoms with Crippen molar-refractivity contribution < 1.29 is 4.79 Å². The van der Waals surface area contributed by atoms with Gasteiger partial charge in [0.05, 0.1) is 36.2 Å². The van der Waals surface area contributed by atoms with Crippen LogP contribution in [0.4, 0.5) is 21.9 Å². The molecule has 2 amide bonds. The number of thioether (sulfide) groups is 1. The number of aryl methyl sites for hydroxylation is 1. The number of anilines is 3. The lowest BCUT2D eigenvalue weighted by molar-refractivity contribution is 0.262. The first-order chi connectivity index (χ1) is 14.2. The Hall–Kier alpha value is -3.07. The van der Waals surface area contributed by atoms with Gasteiger partial charge in [0.25, 0.3) is 5.95 Å². The van der Waals surface area contributed by atoms with E-state index in [4.69, 9.17) is 0 Å². The maximum absolute atomic E-state index is 12.2. The number of hydrogen-bond donors (Lipinski definition) is 2. The number of hydrogen-bond acceptors (Lipinski definition) is 6. The van der Waals surface area contributed by atoms with E-state index >= 15 is 0 Å². The second-order valence-electron chi connectivity index (χ2n) is 6.65. The summed E-state index contributed by atoms with van der Waals surface area (Å²) in [7, 11) is 0. The molecule has 0 spiro atoms. The van der Waals surface area contributed by atoms with Gasteiger partial charge in [-0.1, -0.05) is 19.1 Å². The summed E-state index contributed by atoms with van der Waals surface area (Å²) in [6, 6.07) is 7.45. The third-order valence-corrected chi connectivity index (χ3v) is 5.58. The van der Waals surface area contributed by atoms with Crippen molar-refractivity contribution in [3.63, 3.8) is 0 Å². The number of rotatable bonds is 5. The molecular weight excluding hydrogens is 386 g/mol. The highest BCUT2D eigenvalue weighted by atomic mass is 32.2. The molecule has 3 aromatic rings. The molecular formula is C20H23N7OS. The van der Waals surface area contributed by atoms with Crippen molar-refractivity contribution in [3.8, 4) is 5.95 Å². The van der Waals surface area contributed by atoms with Crippen LogP contribution in [-0.4, -0.2) is 50.4 Å². The minimum atomic E-state index is -0.322. The summed E-state index contributed by atoms with van der Waals surface area (Å²) in [6.07, 6.45) is 7.82. The van der Waals surface area contributed by atoms with Gasteiger partial charge in [0, 0.05) is 30.3 Å². The first-order valence-electron chi connectivity index (χ1n) is 9.58. The lowest BCUT2D eigenvalue weighted by Gasteiger charge is -2.27. The van der Waals surface area contributed by atoms with Crippen LogP contribution in [0.3, 0.4) is 0 Å². The van der Waals surface area contributed by atoms with Crippen LogP contribution in [0.2, 0.25) is 0 Å². The van der Waals surface area contributed by atoms with Gasteiger partial charge in [-0.3, -0.25) is 0 Å². The van der Waals surface area contributed by atoms with E-state index in [-0.39, 0.29) is 6.03 Å².